The number of nitrogens with two attached hydrogens (primary N) is 1. The van der Waals surface area contributed by atoms with Crippen LogP contribution >= 0.6 is 0 Å². The number of amides is 1. The highest BCUT2D eigenvalue weighted by Crippen LogP contribution is 2.51. The number of ether oxygens (including phenoxy) is 1. The van der Waals surface area contributed by atoms with Gasteiger partial charge in [0.2, 0.25) is 5.91 Å². The van der Waals surface area contributed by atoms with Crippen LogP contribution in [0.2, 0.25) is 0 Å². The number of benzene rings is 1. The van der Waals surface area contributed by atoms with Crippen molar-refractivity contribution in [2.24, 2.45) is 17.6 Å². The Morgan fingerprint density at radius 1 is 1.35 bits per heavy atom. The molecule has 2 bridgehead atoms. The molecule has 0 radical (unpaired) electrons. The summed E-state index contributed by atoms with van der Waals surface area (Å²) in [5.74, 6) is 0.594. The van der Waals surface area contributed by atoms with Gasteiger partial charge in [-0.1, -0.05) is 25.5 Å². The quantitative estimate of drug-likeness (QED) is 0.909. The van der Waals surface area contributed by atoms with Crippen LogP contribution in [0.3, 0.4) is 0 Å². The van der Waals surface area contributed by atoms with Gasteiger partial charge in [-0.15, -0.1) is 0 Å². The highest BCUT2D eigenvalue weighted by atomic mass is 16.5. The summed E-state index contributed by atoms with van der Waals surface area (Å²) in [6.45, 7) is 5.57. The fourth-order valence-corrected chi connectivity index (χ4v) is 4.86. The average Bonchev–Trinajstić information content (AvgIpc) is 2.54. The third-order valence-electron chi connectivity index (χ3n) is 5.75. The van der Waals surface area contributed by atoms with E-state index in [1.165, 1.54) is 25.7 Å². The number of nitrogens with zero attached hydrogens (tertiary/aromatic N) is 1. The molecule has 1 saturated heterocycles. The largest absolute Gasteiger partial charge is 0.373 e. The second-order valence-corrected chi connectivity index (χ2v) is 7.03. The summed E-state index contributed by atoms with van der Waals surface area (Å²) in [5.41, 5.74) is 6.92. The summed E-state index contributed by atoms with van der Waals surface area (Å²) in [6.07, 6.45) is 4.84. The number of fused-ring (bicyclic) bond motifs is 2. The zero-order valence-electron chi connectivity index (χ0n) is 14.3. The van der Waals surface area contributed by atoms with Crippen LogP contribution in [0.1, 0.15) is 48.5 Å². The Bertz CT molecular complexity index is 558. The molecule has 4 heteroatoms. The van der Waals surface area contributed by atoms with Gasteiger partial charge in [0, 0.05) is 37.6 Å². The minimum atomic E-state index is -0.369. The Kier molecular flexibility index (Phi) is 4.74. The summed E-state index contributed by atoms with van der Waals surface area (Å²) in [7, 11) is 1.83. The lowest BCUT2D eigenvalue weighted by atomic mass is 9.62. The molecule has 126 valence electrons. The second-order valence-electron chi connectivity index (χ2n) is 7.03. The molecular formula is C19H28N2O2. The molecule has 0 aromatic heterocycles. The summed E-state index contributed by atoms with van der Waals surface area (Å²) in [4.78, 5) is 14.2. The molecule has 1 aliphatic heterocycles. The topological polar surface area (TPSA) is 55.6 Å². The molecule has 1 aromatic rings. The predicted octanol–water partition coefficient (Wildman–Crippen LogP) is 2.77. The average molecular weight is 316 g/mol. The van der Waals surface area contributed by atoms with Crippen molar-refractivity contribution >= 4 is 5.91 Å². The molecule has 2 N–H and O–H groups in total. The number of carbonyl (C=O) groups excluding carboxylic acids is 1. The number of carbonyl (C=O) groups is 1. The van der Waals surface area contributed by atoms with E-state index >= 15 is 0 Å². The smallest absolute Gasteiger partial charge is 0.248 e. The van der Waals surface area contributed by atoms with Gasteiger partial charge < -0.3 is 15.4 Å². The van der Waals surface area contributed by atoms with Crippen molar-refractivity contribution in [2.75, 3.05) is 26.7 Å². The molecule has 1 heterocycles. The van der Waals surface area contributed by atoms with Crippen LogP contribution in [0.25, 0.3) is 0 Å². The number of hydrogen-bond acceptors (Lipinski definition) is 3. The Morgan fingerprint density at radius 2 is 2.04 bits per heavy atom. The van der Waals surface area contributed by atoms with E-state index in [2.05, 4.69) is 17.9 Å². The Balaban J connectivity index is 2.00. The maximum absolute atomic E-state index is 11.6. The summed E-state index contributed by atoms with van der Waals surface area (Å²) >= 11 is 0. The fraction of sp³-hybridized carbons (Fsp3) is 0.632. The van der Waals surface area contributed by atoms with E-state index in [-0.39, 0.29) is 11.5 Å². The van der Waals surface area contributed by atoms with E-state index in [0.717, 1.165) is 25.2 Å². The van der Waals surface area contributed by atoms with Crippen LogP contribution in [-0.2, 0) is 10.3 Å². The number of piperidine rings is 1. The van der Waals surface area contributed by atoms with Crippen LogP contribution in [0.15, 0.2) is 24.3 Å². The highest BCUT2D eigenvalue weighted by molar-refractivity contribution is 5.92. The van der Waals surface area contributed by atoms with Crippen LogP contribution < -0.4 is 5.73 Å². The summed E-state index contributed by atoms with van der Waals surface area (Å²) < 4.78 is 6.21. The summed E-state index contributed by atoms with van der Waals surface area (Å²) in [5, 5.41) is 0. The van der Waals surface area contributed by atoms with Crippen molar-refractivity contribution in [1.29, 1.82) is 0 Å². The lowest BCUT2D eigenvalue weighted by Gasteiger charge is -2.55. The fourth-order valence-electron chi connectivity index (χ4n) is 4.86. The third kappa shape index (κ3) is 2.79. The lowest BCUT2D eigenvalue weighted by molar-refractivity contribution is -0.168. The predicted molar refractivity (Wildman–Crippen MR) is 91.2 cm³/mol. The van der Waals surface area contributed by atoms with E-state index in [4.69, 9.17) is 10.5 Å². The van der Waals surface area contributed by atoms with Crippen molar-refractivity contribution in [3.63, 3.8) is 0 Å². The van der Waals surface area contributed by atoms with Gasteiger partial charge >= 0.3 is 0 Å². The highest BCUT2D eigenvalue weighted by Gasteiger charge is 2.52. The first-order chi connectivity index (χ1) is 11.1. The minimum absolute atomic E-state index is 0.270. The van der Waals surface area contributed by atoms with Gasteiger partial charge in [-0.2, -0.15) is 0 Å². The second kappa shape index (κ2) is 6.62. The van der Waals surface area contributed by atoms with Crippen molar-refractivity contribution < 1.29 is 9.53 Å². The van der Waals surface area contributed by atoms with Gasteiger partial charge in [0.1, 0.15) is 5.60 Å². The molecule has 2 atom stereocenters. The van der Waals surface area contributed by atoms with Crippen LogP contribution in [0.4, 0.5) is 0 Å². The molecule has 1 aromatic carbocycles. The number of methoxy groups -OCH3 is 1. The Hall–Kier alpha value is -1.39. The maximum atomic E-state index is 11.6. The first kappa shape index (κ1) is 16.5. The standard InChI is InChI=1S/C19H28N2O2/c1-3-10-21-12-16-8-5-9-17(13-21)19(16,23-2)15-7-4-6-14(11-15)18(20)22/h4,6-7,11,16-17H,3,5,8-10,12-13H2,1-2H3,(H2,20,22). The molecule has 1 amide bonds. The molecule has 1 saturated carbocycles. The molecule has 2 aliphatic rings. The Labute approximate surface area is 139 Å². The van der Waals surface area contributed by atoms with E-state index in [9.17, 15) is 4.79 Å². The molecule has 1 aliphatic carbocycles. The zero-order chi connectivity index (χ0) is 16.4. The van der Waals surface area contributed by atoms with E-state index in [0.29, 0.717) is 17.4 Å². The van der Waals surface area contributed by atoms with E-state index < -0.39 is 0 Å². The van der Waals surface area contributed by atoms with Crippen molar-refractivity contribution in [3.8, 4) is 0 Å². The van der Waals surface area contributed by atoms with Crippen LogP contribution in [0, 0.1) is 11.8 Å². The molecule has 4 nitrogen and oxygen atoms in total. The van der Waals surface area contributed by atoms with Gasteiger partial charge in [0.25, 0.3) is 0 Å². The van der Waals surface area contributed by atoms with E-state index in [1.807, 2.05) is 19.2 Å². The molecule has 0 spiro atoms. The summed E-state index contributed by atoms with van der Waals surface area (Å²) in [6, 6.07) is 7.78. The molecule has 3 rings (SSSR count). The van der Waals surface area contributed by atoms with Gasteiger partial charge in [-0.05, 0) is 43.5 Å². The van der Waals surface area contributed by atoms with Gasteiger partial charge in [0.15, 0.2) is 0 Å². The number of primary amides is 1. The SMILES string of the molecule is CCCN1CC2CCCC(C1)C2(OC)c1cccc(C(N)=O)c1. The number of hydrogen-bond donors (Lipinski definition) is 1. The number of rotatable bonds is 5. The van der Waals surface area contributed by atoms with Gasteiger partial charge in [-0.3, -0.25) is 4.79 Å². The van der Waals surface area contributed by atoms with Crippen molar-refractivity contribution in [2.45, 2.75) is 38.2 Å². The van der Waals surface area contributed by atoms with Gasteiger partial charge in [-0.25, -0.2) is 0 Å². The molecule has 2 unspecified atom stereocenters. The lowest BCUT2D eigenvalue weighted by Crippen LogP contribution is -2.59. The molecule has 2 fully saturated rings. The normalized spacial score (nSPS) is 31.0. The third-order valence-corrected chi connectivity index (χ3v) is 5.75. The molecule has 23 heavy (non-hydrogen) atoms. The maximum Gasteiger partial charge on any atom is 0.248 e. The first-order valence-electron chi connectivity index (χ1n) is 8.79. The first-order valence-corrected chi connectivity index (χ1v) is 8.79. The molecular weight excluding hydrogens is 288 g/mol. The van der Waals surface area contributed by atoms with Crippen molar-refractivity contribution in [3.05, 3.63) is 35.4 Å². The Morgan fingerprint density at radius 3 is 2.61 bits per heavy atom. The zero-order valence-corrected chi connectivity index (χ0v) is 14.3. The number of likely N-dealkylation sites (tertiary alicyclic amines) is 1. The van der Waals surface area contributed by atoms with Crippen LogP contribution in [-0.4, -0.2) is 37.6 Å². The minimum Gasteiger partial charge on any atom is -0.373 e. The monoisotopic (exact) mass is 316 g/mol. The van der Waals surface area contributed by atoms with Gasteiger partial charge in [0.05, 0.1) is 0 Å². The van der Waals surface area contributed by atoms with Crippen molar-refractivity contribution in [1.82, 2.24) is 4.90 Å². The van der Waals surface area contributed by atoms with E-state index in [1.54, 1.807) is 6.07 Å². The van der Waals surface area contributed by atoms with Crippen LogP contribution in [0.5, 0.6) is 0 Å².